The molecule has 1 aromatic rings. The van der Waals surface area contributed by atoms with Crippen LogP contribution in [-0.2, 0) is 27.5 Å². The van der Waals surface area contributed by atoms with E-state index in [0.29, 0.717) is 0 Å². The van der Waals surface area contributed by atoms with Crippen molar-refractivity contribution in [2.24, 2.45) is 16.7 Å². The number of esters is 1. The largest absolute Gasteiger partial charge is 0.460 e. The average molecular weight is 420 g/mol. The fourth-order valence-corrected chi connectivity index (χ4v) is 3.58. The molecule has 0 spiro atoms. The van der Waals surface area contributed by atoms with Crippen LogP contribution < -0.4 is 0 Å². The van der Waals surface area contributed by atoms with Crippen LogP contribution in [0, 0.1) is 40.0 Å². The second-order valence-corrected chi connectivity index (χ2v) is 6.94. The van der Waals surface area contributed by atoms with Crippen molar-refractivity contribution in [1.29, 1.82) is 0 Å². The Kier molecular flexibility index (Phi) is 5.99. The number of alkyl halides is 4. The van der Waals surface area contributed by atoms with Crippen LogP contribution in [0.2, 0.25) is 0 Å². The predicted octanol–water partition coefficient (Wildman–Crippen LogP) is 4.61. The molecule has 0 radical (unpaired) electrons. The Balaban J connectivity index is 2.27. The van der Waals surface area contributed by atoms with E-state index in [1.54, 1.807) is 0 Å². The lowest BCUT2D eigenvalue weighted by molar-refractivity contribution is -0.151. The molecular weight excluding hydrogens is 404 g/mol. The highest BCUT2D eigenvalue weighted by molar-refractivity contribution is 5.79. The maximum Gasteiger partial charge on any atom is 0.310 e. The molecular formula is C17H16F8O3. The number of carbonyl (C=O) groups excluding carboxylic acids is 1. The van der Waals surface area contributed by atoms with Crippen LogP contribution in [0.25, 0.3) is 0 Å². The van der Waals surface area contributed by atoms with Gasteiger partial charge >= 0.3 is 5.97 Å². The third-order valence-electron chi connectivity index (χ3n) is 5.28. The maximum absolute atomic E-state index is 14.0. The van der Waals surface area contributed by atoms with Crippen LogP contribution in [0.15, 0.2) is 0 Å². The lowest BCUT2D eigenvalue weighted by atomic mass is 9.97. The highest BCUT2D eigenvalue weighted by Crippen LogP contribution is 2.74. The van der Waals surface area contributed by atoms with Crippen molar-refractivity contribution in [3.8, 4) is 0 Å². The Bertz CT molecular complexity index is 741. The molecule has 11 heteroatoms. The Labute approximate surface area is 154 Å². The first kappa shape index (κ1) is 22.4. The zero-order valence-corrected chi connectivity index (χ0v) is 14.9. The predicted molar refractivity (Wildman–Crippen MR) is 78.5 cm³/mol. The molecule has 1 aliphatic carbocycles. The van der Waals surface area contributed by atoms with Gasteiger partial charge in [-0.2, -0.15) is 0 Å². The molecule has 0 bridgehead atoms. The summed E-state index contributed by atoms with van der Waals surface area (Å²) in [6.45, 7) is -0.158. The second kappa shape index (κ2) is 7.49. The number of hydrogen-bond donors (Lipinski definition) is 0. The molecule has 3 nitrogen and oxygen atoms in total. The van der Waals surface area contributed by atoms with E-state index in [9.17, 15) is 39.9 Å². The minimum atomic E-state index is -3.57. The van der Waals surface area contributed by atoms with E-state index < -0.39 is 83.2 Å². The van der Waals surface area contributed by atoms with Gasteiger partial charge in [-0.05, 0) is 5.41 Å². The molecule has 0 saturated heterocycles. The number of halogens is 8. The fraction of sp³-hybridized carbons (Fsp3) is 0.588. The van der Waals surface area contributed by atoms with Crippen LogP contribution >= 0.6 is 0 Å². The first-order valence-corrected chi connectivity index (χ1v) is 7.92. The van der Waals surface area contributed by atoms with E-state index in [0.717, 1.165) is 21.0 Å². The molecule has 0 aromatic heterocycles. The molecule has 0 amide bonds. The van der Waals surface area contributed by atoms with Gasteiger partial charge in [0.15, 0.2) is 23.3 Å². The first-order valence-electron chi connectivity index (χ1n) is 7.92. The van der Waals surface area contributed by atoms with Crippen molar-refractivity contribution in [1.82, 2.24) is 0 Å². The Morgan fingerprint density at radius 1 is 0.893 bits per heavy atom. The number of ether oxygens (including phenoxy) is 2. The van der Waals surface area contributed by atoms with E-state index in [-0.39, 0.29) is 0 Å². The fourth-order valence-electron chi connectivity index (χ4n) is 3.58. The summed E-state index contributed by atoms with van der Waals surface area (Å²) in [5, 5.41) is 0. The number of rotatable bonds is 7. The van der Waals surface area contributed by atoms with Crippen molar-refractivity contribution in [3.63, 3.8) is 0 Å². The Hall–Kier alpha value is -1.91. The SMILES string of the molecule is COCc1c(F)c(F)c(COC(=O)C2C(C)(C)C2(C(F)F)C(F)F)c(F)c1F. The molecule has 0 N–H and O–H groups in total. The van der Waals surface area contributed by atoms with E-state index in [1.807, 2.05) is 0 Å². The third-order valence-corrected chi connectivity index (χ3v) is 5.28. The van der Waals surface area contributed by atoms with Gasteiger partial charge in [0, 0.05) is 7.11 Å². The van der Waals surface area contributed by atoms with Crippen molar-refractivity contribution in [2.75, 3.05) is 7.11 Å². The number of hydrogen-bond acceptors (Lipinski definition) is 3. The van der Waals surface area contributed by atoms with E-state index in [4.69, 9.17) is 0 Å². The van der Waals surface area contributed by atoms with Crippen LogP contribution in [0.5, 0.6) is 0 Å². The minimum absolute atomic E-state index is 0.785. The number of carbonyl (C=O) groups is 1. The summed E-state index contributed by atoms with van der Waals surface area (Å²) < 4.78 is 117. The average Bonchev–Trinajstić information content (AvgIpc) is 3.15. The van der Waals surface area contributed by atoms with Crippen LogP contribution in [0.1, 0.15) is 25.0 Å². The molecule has 1 aliphatic rings. The van der Waals surface area contributed by atoms with Gasteiger partial charge in [0.25, 0.3) is 12.9 Å². The van der Waals surface area contributed by atoms with Crippen molar-refractivity contribution < 1.29 is 49.4 Å². The summed E-state index contributed by atoms with van der Waals surface area (Å²) in [5.74, 6) is -10.9. The molecule has 1 atom stereocenters. The first-order chi connectivity index (χ1) is 12.9. The highest BCUT2D eigenvalue weighted by atomic mass is 19.3. The van der Waals surface area contributed by atoms with Gasteiger partial charge in [0.1, 0.15) is 12.0 Å². The molecule has 2 rings (SSSR count). The normalized spacial score (nSPS) is 20.0. The van der Waals surface area contributed by atoms with E-state index in [2.05, 4.69) is 9.47 Å². The summed E-state index contributed by atoms with van der Waals surface area (Å²) in [6, 6.07) is 0. The molecule has 0 aliphatic heterocycles. The standard InChI is InChI=1S/C17H16F8O3/c1-16(2)12(17(16,14(22)23)15(24)25)13(26)28-5-7-10(20)8(18)6(4-27-3)9(19)11(7)21/h12,14-15H,4-5H2,1-3H3. The topological polar surface area (TPSA) is 35.5 Å². The highest BCUT2D eigenvalue weighted by Gasteiger charge is 2.83. The summed E-state index contributed by atoms with van der Waals surface area (Å²) in [5.41, 5.74) is -7.20. The monoisotopic (exact) mass is 420 g/mol. The molecule has 28 heavy (non-hydrogen) atoms. The summed E-state index contributed by atoms with van der Waals surface area (Å²) in [6.07, 6.45) is -7.14. The third kappa shape index (κ3) is 3.03. The Morgan fingerprint density at radius 3 is 1.61 bits per heavy atom. The molecule has 158 valence electrons. The van der Waals surface area contributed by atoms with Crippen LogP contribution in [-0.4, -0.2) is 25.9 Å². The van der Waals surface area contributed by atoms with Gasteiger partial charge in [-0.3, -0.25) is 4.79 Å². The zero-order chi connectivity index (χ0) is 21.6. The molecule has 0 heterocycles. The lowest BCUT2D eigenvalue weighted by Gasteiger charge is -2.17. The van der Waals surface area contributed by atoms with E-state index in [1.165, 1.54) is 0 Å². The number of benzene rings is 1. The second-order valence-electron chi connectivity index (χ2n) is 6.94. The van der Waals surface area contributed by atoms with E-state index >= 15 is 0 Å². The van der Waals surface area contributed by atoms with Crippen molar-refractivity contribution in [2.45, 2.75) is 39.9 Å². The molecule has 1 unspecified atom stereocenters. The van der Waals surface area contributed by atoms with Crippen molar-refractivity contribution >= 4 is 5.97 Å². The maximum atomic E-state index is 14.0. The van der Waals surface area contributed by atoms with Gasteiger partial charge in [-0.25, -0.2) is 35.1 Å². The zero-order valence-electron chi connectivity index (χ0n) is 14.9. The molecule has 1 aromatic carbocycles. The van der Waals surface area contributed by atoms with Gasteiger partial charge < -0.3 is 9.47 Å². The molecule has 1 fully saturated rings. The van der Waals surface area contributed by atoms with Crippen LogP contribution in [0.3, 0.4) is 0 Å². The van der Waals surface area contributed by atoms with Gasteiger partial charge in [-0.1, -0.05) is 13.8 Å². The minimum Gasteiger partial charge on any atom is -0.460 e. The van der Waals surface area contributed by atoms with Gasteiger partial charge in [0.2, 0.25) is 0 Å². The quantitative estimate of drug-likeness (QED) is 0.367. The van der Waals surface area contributed by atoms with Gasteiger partial charge in [0.05, 0.1) is 23.7 Å². The number of methoxy groups -OCH3 is 1. The van der Waals surface area contributed by atoms with Gasteiger partial charge in [-0.15, -0.1) is 0 Å². The lowest BCUT2D eigenvalue weighted by Crippen LogP contribution is -2.29. The summed E-state index contributed by atoms with van der Waals surface area (Å²) >= 11 is 0. The molecule has 1 saturated carbocycles. The summed E-state index contributed by atoms with van der Waals surface area (Å²) in [4.78, 5) is 12.0. The smallest absolute Gasteiger partial charge is 0.310 e. The van der Waals surface area contributed by atoms with Crippen molar-refractivity contribution in [3.05, 3.63) is 34.4 Å². The Morgan fingerprint density at radius 2 is 1.29 bits per heavy atom. The van der Waals surface area contributed by atoms with Crippen LogP contribution in [0.4, 0.5) is 35.1 Å². The summed E-state index contributed by atoms with van der Waals surface area (Å²) in [7, 11) is 1.03.